The highest BCUT2D eigenvalue weighted by molar-refractivity contribution is 9.10. The van der Waals surface area contributed by atoms with E-state index in [0.29, 0.717) is 10.2 Å². The number of aryl methyl sites for hydroxylation is 1. The molecule has 1 aromatic rings. The highest BCUT2D eigenvalue weighted by atomic mass is 79.9. The van der Waals surface area contributed by atoms with E-state index < -0.39 is 6.04 Å². The summed E-state index contributed by atoms with van der Waals surface area (Å²) < 4.78 is 5.62. The van der Waals surface area contributed by atoms with Crippen LogP contribution in [0.2, 0.25) is 0 Å². The molecule has 0 aliphatic carbocycles. The number of rotatable bonds is 3. The lowest BCUT2D eigenvalue weighted by Crippen LogP contribution is -2.16. The van der Waals surface area contributed by atoms with E-state index in [1.54, 1.807) is 6.07 Å². The molecular weight excluding hydrogens is 262 g/mol. The number of nitrogens with two attached hydrogens (primary N) is 1. The maximum atomic E-state index is 9.59. The van der Waals surface area contributed by atoms with Crippen molar-refractivity contribution in [3.8, 4) is 11.5 Å². The summed E-state index contributed by atoms with van der Waals surface area (Å²) in [6.45, 7) is 1.65. The minimum atomic E-state index is -0.492. The third-order valence-corrected chi connectivity index (χ3v) is 3.01. The van der Waals surface area contributed by atoms with Crippen LogP contribution in [0.15, 0.2) is 10.5 Å². The van der Waals surface area contributed by atoms with Gasteiger partial charge in [-0.1, -0.05) is 0 Å². The zero-order chi connectivity index (χ0) is 11.6. The predicted octanol–water partition coefficient (Wildman–Crippen LogP) is 1.46. The molecule has 0 heterocycles. The molecule has 0 amide bonds. The number of hydrogen-bond donors (Lipinski definition) is 3. The number of benzene rings is 1. The van der Waals surface area contributed by atoms with Gasteiger partial charge >= 0.3 is 0 Å². The van der Waals surface area contributed by atoms with Crippen LogP contribution in [0.4, 0.5) is 0 Å². The molecule has 1 atom stereocenters. The number of aliphatic hydroxyl groups is 1. The number of ether oxygens (including phenoxy) is 1. The van der Waals surface area contributed by atoms with Crippen molar-refractivity contribution in [2.24, 2.45) is 5.73 Å². The molecule has 1 unspecified atom stereocenters. The third kappa shape index (κ3) is 2.25. The predicted molar refractivity (Wildman–Crippen MR) is 61.1 cm³/mol. The van der Waals surface area contributed by atoms with Gasteiger partial charge in [-0.2, -0.15) is 0 Å². The Bertz CT molecular complexity index is 368. The van der Waals surface area contributed by atoms with E-state index in [-0.39, 0.29) is 12.4 Å². The lowest BCUT2D eigenvalue weighted by molar-refractivity contribution is 0.266. The minimum Gasteiger partial charge on any atom is -0.504 e. The fraction of sp³-hybridized carbons (Fsp3) is 0.400. The molecule has 0 radical (unpaired) electrons. The van der Waals surface area contributed by atoms with Crippen LogP contribution in [0, 0.1) is 6.92 Å². The van der Waals surface area contributed by atoms with E-state index in [0.717, 1.165) is 11.1 Å². The van der Waals surface area contributed by atoms with Crippen LogP contribution in [0.5, 0.6) is 11.5 Å². The quantitative estimate of drug-likeness (QED) is 0.781. The number of hydrogen-bond acceptors (Lipinski definition) is 4. The average Bonchev–Trinajstić information content (AvgIpc) is 2.17. The Hall–Kier alpha value is -0.780. The van der Waals surface area contributed by atoms with Crippen molar-refractivity contribution >= 4 is 15.9 Å². The molecule has 1 aromatic carbocycles. The first kappa shape index (κ1) is 12.3. The standard InChI is InChI=1S/C10H14BrNO3/c1-5-3-7(14)10(15-2)9(11)8(5)6(12)4-13/h3,6,13-14H,4,12H2,1-2H3. The normalized spacial score (nSPS) is 12.6. The molecule has 4 N–H and O–H groups in total. The summed E-state index contributed by atoms with van der Waals surface area (Å²) in [7, 11) is 1.46. The SMILES string of the molecule is COc1c(O)cc(C)c(C(N)CO)c1Br. The summed E-state index contributed by atoms with van der Waals surface area (Å²) in [5.74, 6) is 0.385. The lowest BCUT2D eigenvalue weighted by Gasteiger charge is -2.17. The van der Waals surface area contributed by atoms with E-state index in [4.69, 9.17) is 15.6 Å². The van der Waals surface area contributed by atoms with Crippen molar-refractivity contribution < 1.29 is 14.9 Å². The van der Waals surface area contributed by atoms with Gasteiger partial charge in [0.15, 0.2) is 11.5 Å². The molecule has 0 aliphatic rings. The number of halogens is 1. The maximum absolute atomic E-state index is 9.59. The van der Waals surface area contributed by atoms with E-state index in [2.05, 4.69) is 15.9 Å². The summed E-state index contributed by atoms with van der Waals surface area (Å²) in [4.78, 5) is 0. The van der Waals surface area contributed by atoms with Gasteiger partial charge in [-0.05, 0) is 40.0 Å². The highest BCUT2D eigenvalue weighted by Crippen LogP contribution is 2.40. The second-order valence-corrected chi connectivity index (χ2v) is 4.06. The zero-order valence-electron chi connectivity index (χ0n) is 8.62. The summed E-state index contributed by atoms with van der Waals surface area (Å²) >= 11 is 3.31. The van der Waals surface area contributed by atoms with Gasteiger partial charge < -0.3 is 20.7 Å². The molecule has 0 fully saturated rings. The third-order valence-electron chi connectivity index (χ3n) is 2.22. The van der Waals surface area contributed by atoms with Gasteiger partial charge in [0.2, 0.25) is 0 Å². The van der Waals surface area contributed by atoms with Crippen LogP contribution in [-0.4, -0.2) is 23.9 Å². The van der Waals surface area contributed by atoms with Crippen LogP contribution in [-0.2, 0) is 0 Å². The number of phenolic OH excluding ortho intramolecular Hbond substituents is 1. The topological polar surface area (TPSA) is 75.7 Å². The van der Waals surface area contributed by atoms with Gasteiger partial charge in [0, 0.05) is 0 Å². The fourth-order valence-electron chi connectivity index (χ4n) is 1.50. The van der Waals surface area contributed by atoms with Crippen LogP contribution >= 0.6 is 15.9 Å². The van der Waals surface area contributed by atoms with Crippen molar-refractivity contribution in [2.45, 2.75) is 13.0 Å². The molecule has 4 nitrogen and oxygen atoms in total. The van der Waals surface area contributed by atoms with Gasteiger partial charge in [0.25, 0.3) is 0 Å². The van der Waals surface area contributed by atoms with Gasteiger partial charge in [-0.15, -0.1) is 0 Å². The largest absolute Gasteiger partial charge is 0.504 e. The van der Waals surface area contributed by atoms with Gasteiger partial charge in [-0.3, -0.25) is 0 Å². The monoisotopic (exact) mass is 275 g/mol. The molecule has 84 valence electrons. The lowest BCUT2D eigenvalue weighted by atomic mass is 10.0. The molecule has 0 saturated heterocycles. The number of aliphatic hydroxyl groups excluding tert-OH is 1. The highest BCUT2D eigenvalue weighted by Gasteiger charge is 2.18. The Labute approximate surface area is 96.8 Å². The van der Waals surface area contributed by atoms with Crippen molar-refractivity contribution in [1.29, 1.82) is 0 Å². The Morgan fingerprint density at radius 2 is 2.20 bits per heavy atom. The minimum absolute atomic E-state index is 0.0516. The summed E-state index contributed by atoms with van der Waals surface area (Å²) in [5, 5.41) is 18.6. The molecule has 1 rings (SSSR count). The molecule has 0 aromatic heterocycles. The number of aromatic hydroxyl groups is 1. The van der Waals surface area contributed by atoms with Gasteiger partial charge in [-0.25, -0.2) is 0 Å². The maximum Gasteiger partial charge on any atom is 0.175 e. The van der Waals surface area contributed by atoms with Crippen molar-refractivity contribution in [2.75, 3.05) is 13.7 Å². The summed E-state index contributed by atoms with van der Waals surface area (Å²) in [6.07, 6.45) is 0. The van der Waals surface area contributed by atoms with Crippen molar-refractivity contribution in [3.63, 3.8) is 0 Å². The summed E-state index contributed by atoms with van der Waals surface area (Å²) in [5.41, 5.74) is 7.30. The second kappa shape index (κ2) is 4.83. The molecular formula is C10H14BrNO3. The Balaban J connectivity index is 3.38. The Morgan fingerprint density at radius 1 is 1.60 bits per heavy atom. The molecule has 15 heavy (non-hydrogen) atoms. The smallest absolute Gasteiger partial charge is 0.175 e. The first-order valence-electron chi connectivity index (χ1n) is 4.45. The second-order valence-electron chi connectivity index (χ2n) is 3.26. The van der Waals surface area contributed by atoms with Crippen LogP contribution in [0.1, 0.15) is 17.2 Å². The van der Waals surface area contributed by atoms with Gasteiger partial charge in [0.1, 0.15) is 0 Å². The van der Waals surface area contributed by atoms with Crippen LogP contribution in [0.25, 0.3) is 0 Å². The Kier molecular flexibility index (Phi) is 3.96. The first-order chi connectivity index (χ1) is 7.02. The van der Waals surface area contributed by atoms with Crippen molar-refractivity contribution in [1.82, 2.24) is 0 Å². The fourth-order valence-corrected chi connectivity index (χ4v) is 2.47. The average molecular weight is 276 g/mol. The van der Waals surface area contributed by atoms with Crippen molar-refractivity contribution in [3.05, 3.63) is 21.7 Å². The molecule has 0 saturated carbocycles. The number of methoxy groups -OCH3 is 1. The molecule has 0 bridgehead atoms. The van der Waals surface area contributed by atoms with E-state index in [1.807, 2.05) is 6.92 Å². The Morgan fingerprint density at radius 3 is 2.67 bits per heavy atom. The van der Waals surface area contributed by atoms with Crippen LogP contribution in [0.3, 0.4) is 0 Å². The summed E-state index contributed by atoms with van der Waals surface area (Å²) in [6, 6.07) is 1.07. The first-order valence-corrected chi connectivity index (χ1v) is 5.24. The van der Waals surface area contributed by atoms with Gasteiger partial charge in [0.05, 0.1) is 24.2 Å². The van der Waals surface area contributed by atoms with Crippen LogP contribution < -0.4 is 10.5 Å². The van der Waals surface area contributed by atoms with E-state index in [9.17, 15) is 5.11 Å². The molecule has 0 spiro atoms. The van der Waals surface area contributed by atoms with E-state index in [1.165, 1.54) is 7.11 Å². The zero-order valence-corrected chi connectivity index (χ0v) is 10.2. The van der Waals surface area contributed by atoms with E-state index >= 15 is 0 Å². The molecule has 5 heteroatoms. The molecule has 0 aliphatic heterocycles. The number of phenols is 1.